The summed E-state index contributed by atoms with van der Waals surface area (Å²) >= 11 is 0. The highest BCUT2D eigenvalue weighted by atomic mass is 16.4. The lowest BCUT2D eigenvalue weighted by molar-refractivity contribution is 0.0697. The largest absolute Gasteiger partial charge is 0.478 e. The van der Waals surface area contributed by atoms with Gasteiger partial charge in [-0.3, -0.25) is 4.79 Å². The summed E-state index contributed by atoms with van der Waals surface area (Å²) in [5.41, 5.74) is 2.71. The molecule has 26 heavy (non-hydrogen) atoms. The van der Waals surface area contributed by atoms with Gasteiger partial charge in [-0.2, -0.15) is 0 Å². The van der Waals surface area contributed by atoms with Gasteiger partial charge in [0.05, 0.1) is 16.5 Å². The van der Waals surface area contributed by atoms with Crippen LogP contribution in [0.2, 0.25) is 0 Å². The Balaban J connectivity index is 1.88. The van der Waals surface area contributed by atoms with Crippen molar-refractivity contribution in [3.05, 3.63) is 88.7 Å². The third kappa shape index (κ3) is 2.75. The molecule has 0 aliphatic rings. The van der Waals surface area contributed by atoms with E-state index in [1.54, 1.807) is 42.5 Å². The zero-order chi connectivity index (χ0) is 18.1. The van der Waals surface area contributed by atoms with Gasteiger partial charge >= 0.3 is 5.97 Å². The van der Waals surface area contributed by atoms with Gasteiger partial charge < -0.3 is 10.1 Å². The van der Waals surface area contributed by atoms with E-state index in [-0.39, 0.29) is 11.1 Å². The topological polar surface area (TPSA) is 83.0 Å². The predicted molar refractivity (Wildman–Crippen MR) is 100 cm³/mol. The number of H-pyrrole nitrogens is 1. The van der Waals surface area contributed by atoms with E-state index in [2.05, 4.69) is 9.97 Å². The van der Waals surface area contributed by atoms with Crippen molar-refractivity contribution >= 4 is 16.9 Å². The Labute approximate surface area is 148 Å². The van der Waals surface area contributed by atoms with Gasteiger partial charge in [-0.05, 0) is 35.4 Å². The molecule has 0 aliphatic carbocycles. The smallest absolute Gasteiger partial charge is 0.336 e. The van der Waals surface area contributed by atoms with E-state index < -0.39 is 5.97 Å². The summed E-state index contributed by atoms with van der Waals surface area (Å²) in [7, 11) is 0. The highest BCUT2D eigenvalue weighted by molar-refractivity contribution is 5.96. The number of nitrogens with one attached hydrogen (secondary N) is 1. The van der Waals surface area contributed by atoms with Crippen molar-refractivity contribution in [1.82, 2.24) is 9.97 Å². The molecule has 4 aromatic rings. The molecule has 5 nitrogen and oxygen atoms in total. The molecule has 0 radical (unpaired) electrons. The molecule has 1 aromatic heterocycles. The van der Waals surface area contributed by atoms with Crippen LogP contribution in [-0.2, 0) is 0 Å². The van der Waals surface area contributed by atoms with Crippen LogP contribution in [-0.4, -0.2) is 21.0 Å². The Bertz CT molecular complexity index is 1190. The van der Waals surface area contributed by atoms with E-state index in [0.717, 1.165) is 5.56 Å². The molecule has 126 valence electrons. The number of benzene rings is 3. The molecule has 0 amide bonds. The van der Waals surface area contributed by atoms with Crippen molar-refractivity contribution in [3.8, 4) is 22.5 Å². The summed E-state index contributed by atoms with van der Waals surface area (Å²) in [6, 6.07) is 21.3. The molecule has 2 N–H and O–H groups in total. The number of rotatable bonds is 3. The van der Waals surface area contributed by atoms with Gasteiger partial charge in [-0.1, -0.05) is 48.5 Å². The highest BCUT2D eigenvalue weighted by Gasteiger charge is 2.12. The number of nitrogens with zero attached hydrogens (tertiary/aromatic N) is 1. The van der Waals surface area contributed by atoms with E-state index in [1.807, 2.05) is 30.3 Å². The molecular weight excluding hydrogens is 328 g/mol. The van der Waals surface area contributed by atoms with Crippen LogP contribution in [0.3, 0.4) is 0 Å². The Hall–Kier alpha value is -3.73. The first-order valence-electron chi connectivity index (χ1n) is 8.06. The summed E-state index contributed by atoms with van der Waals surface area (Å²) in [6.07, 6.45) is 0. The number of hydrogen-bond acceptors (Lipinski definition) is 3. The molecule has 0 unspecified atom stereocenters. The lowest BCUT2D eigenvalue weighted by Crippen LogP contribution is -2.09. The van der Waals surface area contributed by atoms with Crippen LogP contribution in [0, 0.1) is 0 Å². The van der Waals surface area contributed by atoms with Crippen molar-refractivity contribution in [3.63, 3.8) is 0 Å². The number of fused-ring (bicyclic) bond motifs is 1. The first-order chi connectivity index (χ1) is 12.6. The molecule has 0 aliphatic heterocycles. The summed E-state index contributed by atoms with van der Waals surface area (Å²) in [5, 5.41) is 9.94. The first-order valence-corrected chi connectivity index (χ1v) is 8.06. The first kappa shape index (κ1) is 15.8. The van der Waals surface area contributed by atoms with Gasteiger partial charge in [0.15, 0.2) is 0 Å². The van der Waals surface area contributed by atoms with Crippen molar-refractivity contribution in [2.75, 3.05) is 0 Å². The van der Waals surface area contributed by atoms with Gasteiger partial charge in [0, 0.05) is 5.56 Å². The number of carboxylic acids is 1. The van der Waals surface area contributed by atoms with Crippen LogP contribution in [0.4, 0.5) is 0 Å². The highest BCUT2D eigenvalue weighted by Crippen LogP contribution is 2.27. The number of hydrogen-bond donors (Lipinski definition) is 2. The number of para-hydroxylation sites is 1. The number of aromatic amines is 1. The summed E-state index contributed by atoms with van der Waals surface area (Å²) in [4.78, 5) is 31.1. The second-order valence-corrected chi connectivity index (χ2v) is 5.86. The molecule has 3 aromatic carbocycles. The molecular formula is C21H14N2O3. The molecule has 0 bridgehead atoms. The maximum atomic E-state index is 12.3. The second-order valence-electron chi connectivity index (χ2n) is 5.86. The molecule has 0 saturated heterocycles. The average Bonchev–Trinajstić information content (AvgIpc) is 2.68. The van der Waals surface area contributed by atoms with Crippen LogP contribution in [0.25, 0.3) is 33.4 Å². The number of carbonyl (C=O) groups is 1. The third-order valence-corrected chi connectivity index (χ3v) is 4.22. The normalized spacial score (nSPS) is 10.8. The van der Waals surface area contributed by atoms with E-state index in [1.165, 1.54) is 0 Å². The SMILES string of the molecule is O=C(O)c1ccccc1-c1cccc(-c2nc3ccccc3c(=O)[nH]2)c1. The van der Waals surface area contributed by atoms with E-state index in [4.69, 9.17) is 0 Å². The van der Waals surface area contributed by atoms with Gasteiger partial charge in [0.1, 0.15) is 5.82 Å². The molecule has 0 spiro atoms. The lowest BCUT2D eigenvalue weighted by Gasteiger charge is -2.09. The summed E-state index contributed by atoms with van der Waals surface area (Å²) < 4.78 is 0. The maximum absolute atomic E-state index is 12.3. The monoisotopic (exact) mass is 342 g/mol. The van der Waals surface area contributed by atoms with Crippen molar-refractivity contribution in [1.29, 1.82) is 0 Å². The van der Waals surface area contributed by atoms with E-state index in [0.29, 0.717) is 27.9 Å². The van der Waals surface area contributed by atoms with Crippen LogP contribution in [0.5, 0.6) is 0 Å². The lowest BCUT2D eigenvalue weighted by atomic mass is 9.98. The summed E-state index contributed by atoms with van der Waals surface area (Å²) in [6.45, 7) is 0. The zero-order valence-corrected chi connectivity index (χ0v) is 13.6. The van der Waals surface area contributed by atoms with Crippen LogP contribution >= 0.6 is 0 Å². The standard InChI is InChI=1S/C21H14N2O3/c24-20-17-10-3-4-11-18(17)22-19(23-20)14-7-5-6-13(12-14)15-8-1-2-9-16(15)21(25)26/h1-12H,(H,25,26)(H,22,23,24). The van der Waals surface area contributed by atoms with E-state index in [9.17, 15) is 14.7 Å². The minimum atomic E-state index is -0.983. The average molecular weight is 342 g/mol. The fourth-order valence-electron chi connectivity index (χ4n) is 2.98. The summed E-state index contributed by atoms with van der Waals surface area (Å²) in [5.74, 6) is -0.536. The third-order valence-electron chi connectivity index (χ3n) is 4.22. The van der Waals surface area contributed by atoms with Crippen molar-refractivity contribution < 1.29 is 9.90 Å². The molecule has 1 heterocycles. The Kier molecular flexibility index (Phi) is 3.82. The van der Waals surface area contributed by atoms with Gasteiger partial charge in [-0.25, -0.2) is 9.78 Å². The van der Waals surface area contributed by atoms with E-state index >= 15 is 0 Å². The fraction of sp³-hybridized carbons (Fsp3) is 0. The fourth-order valence-corrected chi connectivity index (χ4v) is 2.98. The Morgan fingerprint density at radius 2 is 1.62 bits per heavy atom. The van der Waals surface area contributed by atoms with Crippen molar-refractivity contribution in [2.24, 2.45) is 0 Å². The molecule has 0 saturated carbocycles. The van der Waals surface area contributed by atoms with Crippen LogP contribution < -0.4 is 5.56 Å². The maximum Gasteiger partial charge on any atom is 0.336 e. The van der Waals surface area contributed by atoms with Crippen LogP contribution in [0.1, 0.15) is 10.4 Å². The Morgan fingerprint density at radius 1 is 0.885 bits per heavy atom. The molecule has 0 atom stereocenters. The van der Waals surface area contributed by atoms with Gasteiger partial charge in [0.2, 0.25) is 0 Å². The molecule has 5 heteroatoms. The van der Waals surface area contributed by atoms with Gasteiger partial charge in [0.25, 0.3) is 5.56 Å². The second kappa shape index (κ2) is 6.29. The van der Waals surface area contributed by atoms with Crippen LogP contribution in [0.15, 0.2) is 77.6 Å². The number of aromatic carboxylic acids is 1. The number of aromatic nitrogens is 2. The Morgan fingerprint density at radius 3 is 2.46 bits per heavy atom. The zero-order valence-electron chi connectivity index (χ0n) is 13.6. The quantitative estimate of drug-likeness (QED) is 0.590. The minimum Gasteiger partial charge on any atom is -0.478 e. The minimum absolute atomic E-state index is 0.207. The predicted octanol–water partition coefficient (Wildman–Crippen LogP) is 3.96. The molecule has 4 rings (SSSR count). The number of carboxylic acid groups (broad SMARTS) is 1. The molecule has 0 fully saturated rings. The van der Waals surface area contributed by atoms with Gasteiger partial charge in [-0.15, -0.1) is 0 Å². The van der Waals surface area contributed by atoms with Crippen molar-refractivity contribution in [2.45, 2.75) is 0 Å².